The van der Waals surface area contributed by atoms with Gasteiger partial charge in [-0.15, -0.1) is 13.2 Å². The Kier molecular flexibility index (Phi) is 8.44. The Balaban J connectivity index is 1.02. The first-order valence-corrected chi connectivity index (χ1v) is 15.2. The number of hydrogen-bond donors (Lipinski definition) is 1. The Bertz CT molecular complexity index is 1430. The van der Waals surface area contributed by atoms with E-state index in [0.29, 0.717) is 29.2 Å². The topological polar surface area (TPSA) is 102 Å². The molecule has 5 fully saturated rings. The monoisotopic (exact) mass is 631 g/mol. The standard InChI is InChI=1S/C33H36F3NO8/c1-19-4-14-26-20(2)29(41-30-32(26)25(19)16-17-31(3,43-30)44-45-32)37-28(39)18-40-23-12-8-22(9-13-23)27(38)15-7-21-5-10-24(11-6-21)42-33(34,35)36/h5-13,15,19-20,25-26,29-30H,4,14,16-18H2,1-3H3,(H,37,39)/b15-7+/t19-,20-,25+,26+,29+,30-,31+,32-/m1/s1. The van der Waals surface area contributed by atoms with E-state index in [-0.39, 0.29) is 41.8 Å². The lowest BCUT2D eigenvalue weighted by Crippen LogP contribution is -2.72. The van der Waals surface area contributed by atoms with E-state index in [2.05, 4.69) is 23.9 Å². The molecule has 242 valence electrons. The molecule has 8 atom stereocenters. The van der Waals surface area contributed by atoms with Gasteiger partial charge in [-0.3, -0.25) is 9.59 Å². The molecule has 1 saturated carbocycles. The molecule has 0 unspecified atom stereocenters. The average molecular weight is 632 g/mol. The van der Waals surface area contributed by atoms with Crippen LogP contribution in [0.15, 0.2) is 54.6 Å². The number of rotatable bonds is 8. The predicted molar refractivity (Wildman–Crippen MR) is 153 cm³/mol. The number of carbonyl (C=O) groups is 2. The van der Waals surface area contributed by atoms with Crippen molar-refractivity contribution in [2.75, 3.05) is 6.61 Å². The highest BCUT2D eigenvalue weighted by atomic mass is 19.4. The van der Waals surface area contributed by atoms with Crippen LogP contribution in [0.2, 0.25) is 0 Å². The van der Waals surface area contributed by atoms with Gasteiger partial charge in [0.2, 0.25) is 5.79 Å². The number of ether oxygens (including phenoxy) is 4. The summed E-state index contributed by atoms with van der Waals surface area (Å²) in [6.07, 6.45) is 0.361. The molecule has 2 aromatic carbocycles. The van der Waals surface area contributed by atoms with E-state index in [0.717, 1.165) is 19.3 Å². The number of carbonyl (C=O) groups excluding carboxylic acids is 2. The zero-order valence-corrected chi connectivity index (χ0v) is 25.2. The van der Waals surface area contributed by atoms with Crippen molar-refractivity contribution < 1.29 is 51.5 Å². The highest BCUT2D eigenvalue weighted by Crippen LogP contribution is 2.60. The summed E-state index contributed by atoms with van der Waals surface area (Å²) in [5, 5.41) is 2.96. The first-order valence-electron chi connectivity index (χ1n) is 15.2. The molecule has 1 amide bonds. The second-order valence-electron chi connectivity index (χ2n) is 12.5. The molecule has 4 saturated heterocycles. The summed E-state index contributed by atoms with van der Waals surface area (Å²) >= 11 is 0. The van der Waals surface area contributed by atoms with Gasteiger partial charge in [0.1, 0.15) is 17.7 Å². The van der Waals surface area contributed by atoms with Crippen molar-refractivity contribution in [3.8, 4) is 11.5 Å². The van der Waals surface area contributed by atoms with Crippen molar-refractivity contribution in [3.05, 3.63) is 65.7 Å². The van der Waals surface area contributed by atoms with Gasteiger partial charge in [-0.2, -0.15) is 0 Å². The Morgan fingerprint density at radius 3 is 2.40 bits per heavy atom. The molecule has 4 aliphatic heterocycles. The maximum Gasteiger partial charge on any atom is 0.573 e. The van der Waals surface area contributed by atoms with Crippen LogP contribution in [0, 0.1) is 23.7 Å². The third-order valence-electron chi connectivity index (χ3n) is 9.51. The number of nitrogens with one attached hydrogen (secondary N) is 1. The lowest BCUT2D eigenvalue weighted by atomic mass is 9.58. The first kappa shape index (κ1) is 31.5. The Labute approximate surface area is 258 Å². The summed E-state index contributed by atoms with van der Waals surface area (Å²) < 4.78 is 59.2. The maximum absolute atomic E-state index is 12.9. The summed E-state index contributed by atoms with van der Waals surface area (Å²) in [4.78, 5) is 37.5. The van der Waals surface area contributed by atoms with Crippen molar-refractivity contribution in [2.45, 2.75) is 76.7 Å². The van der Waals surface area contributed by atoms with Crippen LogP contribution in [0.3, 0.4) is 0 Å². The molecule has 4 heterocycles. The second-order valence-corrected chi connectivity index (χ2v) is 12.5. The number of halogens is 3. The van der Waals surface area contributed by atoms with Gasteiger partial charge < -0.3 is 24.3 Å². The molecule has 1 spiro atoms. The fourth-order valence-corrected chi connectivity index (χ4v) is 7.18. The first-order chi connectivity index (χ1) is 21.3. The van der Waals surface area contributed by atoms with Crippen LogP contribution in [-0.4, -0.2) is 48.6 Å². The molecule has 7 rings (SSSR count). The average Bonchev–Trinajstić information content (AvgIpc) is 3.23. The van der Waals surface area contributed by atoms with Gasteiger partial charge in [-0.25, -0.2) is 9.78 Å². The molecule has 5 aliphatic rings. The minimum atomic E-state index is -4.77. The molecule has 45 heavy (non-hydrogen) atoms. The number of benzene rings is 2. The Morgan fingerprint density at radius 1 is 0.978 bits per heavy atom. The molecule has 1 N–H and O–H groups in total. The lowest BCUT2D eigenvalue weighted by molar-refractivity contribution is -0.571. The molecular weight excluding hydrogens is 595 g/mol. The summed E-state index contributed by atoms with van der Waals surface area (Å²) in [7, 11) is 0. The van der Waals surface area contributed by atoms with E-state index < -0.39 is 30.3 Å². The zero-order chi connectivity index (χ0) is 32.0. The van der Waals surface area contributed by atoms with Crippen molar-refractivity contribution in [3.63, 3.8) is 0 Å². The highest BCUT2D eigenvalue weighted by Gasteiger charge is 2.69. The summed E-state index contributed by atoms with van der Waals surface area (Å²) in [5.41, 5.74) is 0.187. The largest absolute Gasteiger partial charge is 0.573 e. The van der Waals surface area contributed by atoms with Crippen molar-refractivity contribution >= 4 is 17.8 Å². The molecule has 2 aromatic rings. The number of ketones is 1. The molecule has 1 aliphatic carbocycles. The van der Waals surface area contributed by atoms with Crippen molar-refractivity contribution in [1.29, 1.82) is 0 Å². The molecule has 0 radical (unpaired) electrons. The van der Waals surface area contributed by atoms with Crippen LogP contribution in [0.4, 0.5) is 13.2 Å². The lowest BCUT2D eigenvalue weighted by Gasteiger charge is -2.60. The van der Waals surface area contributed by atoms with Crippen LogP contribution in [0.5, 0.6) is 11.5 Å². The smallest absolute Gasteiger partial charge is 0.484 e. The van der Waals surface area contributed by atoms with Crippen molar-refractivity contribution in [2.24, 2.45) is 23.7 Å². The number of alkyl halides is 3. The molecule has 0 aromatic heterocycles. The molecule has 12 heteroatoms. The SMILES string of the molecule is C[C@H]1[C@@H](NC(=O)COc2ccc(C(=O)/C=C/c3ccc(OC(F)(F)F)cc3)cc2)O[C@@H]2O[C@]3(C)CC[C@H]4[C@H](C)CC[C@@H]1[C@@]24OO3. The van der Waals surface area contributed by atoms with Gasteiger partial charge in [0.25, 0.3) is 5.91 Å². The number of amides is 1. The fraction of sp³-hybridized carbons (Fsp3) is 0.515. The number of allylic oxidation sites excluding steroid dienone is 1. The highest BCUT2D eigenvalue weighted by molar-refractivity contribution is 6.06. The third kappa shape index (κ3) is 6.46. The van der Waals surface area contributed by atoms with E-state index in [4.69, 9.17) is 24.0 Å². The normalized spacial score (nSPS) is 34.1. The molecular formula is C33H36F3NO8. The fourth-order valence-electron chi connectivity index (χ4n) is 7.18. The van der Waals surface area contributed by atoms with E-state index in [1.54, 1.807) is 24.3 Å². The second kappa shape index (κ2) is 12.1. The minimum absolute atomic E-state index is 0.0561. The van der Waals surface area contributed by atoms with Gasteiger partial charge in [-0.05, 0) is 86.1 Å². The van der Waals surface area contributed by atoms with Gasteiger partial charge >= 0.3 is 6.36 Å². The number of hydrogen-bond acceptors (Lipinski definition) is 8. The van der Waals surface area contributed by atoms with Crippen LogP contribution in [0.1, 0.15) is 62.4 Å². The quantitative estimate of drug-likeness (QED) is 0.209. The van der Waals surface area contributed by atoms with E-state index in [1.807, 2.05) is 6.92 Å². The molecule has 2 bridgehead atoms. The summed E-state index contributed by atoms with van der Waals surface area (Å²) in [6, 6.07) is 11.4. The Morgan fingerprint density at radius 2 is 1.69 bits per heavy atom. The van der Waals surface area contributed by atoms with Gasteiger partial charge in [-0.1, -0.05) is 32.1 Å². The predicted octanol–water partition coefficient (Wildman–Crippen LogP) is 6.18. The van der Waals surface area contributed by atoms with Crippen LogP contribution < -0.4 is 14.8 Å². The summed E-state index contributed by atoms with van der Waals surface area (Å²) in [5.74, 6) is -0.838. The van der Waals surface area contributed by atoms with Gasteiger partial charge in [0.15, 0.2) is 24.3 Å². The van der Waals surface area contributed by atoms with Gasteiger partial charge in [0.05, 0.1) is 0 Å². The zero-order valence-electron chi connectivity index (χ0n) is 25.2. The van der Waals surface area contributed by atoms with E-state index in [1.165, 1.54) is 36.4 Å². The summed E-state index contributed by atoms with van der Waals surface area (Å²) in [6.45, 7) is 5.90. The van der Waals surface area contributed by atoms with Crippen LogP contribution in [-0.2, 0) is 24.0 Å². The number of fused-ring (bicyclic) bond motifs is 2. The third-order valence-corrected chi connectivity index (χ3v) is 9.51. The molecule has 9 nitrogen and oxygen atoms in total. The van der Waals surface area contributed by atoms with E-state index >= 15 is 0 Å². The van der Waals surface area contributed by atoms with Gasteiger partial charge in [0, 0.05) is 23.8 Å². The van der Waals surface area contributed by atoms with Crippen molar-refractivity contribution in [1.82, 2.24) is 5.32 Å². The van der Waals surface area contributed by atoms with Crippen LogP contribution in [0.25, 0.3) is 6.08 Å². The minimum Gasteiger partial charge on any atom is -0.484 e. The Hall–Kier alpha value is -3.45. The van der Waals surface area contributed by atoms with Crippen LogP contribution >= 0.6 is 0 Å². The maximum atomic E-state index is 12.9. The van der Waals surface area contributed by atoms with E-state index in [9.17, 15) is 22.8 Å².